The molecule has 12 nitrogen and oxygen atoms in total. The number of nitrogens with zero attached hydrogens (tertiary/aromatic N) is 4. The van der Waals surface area contributed by atoms with Gasteiger partial charge in [0.05, 0.1) is 10.4 Å². The maximum atomic E-state index is 13.1. The molecule has 4 rings (SSSR count). The highest BCUT2D eigenvalue weighted by molar-refractivity contribution is 9.11. The van der Waals surface area contributed by atoms with Crippen molar-refractivity contribution in [3.8, 4) is 5.06 Å². The Kier molecular flexibility index (Phi) is 8.05. The number of aromatic nitrogens is 4. The van der Waals surface area contributed by atoms with Crippen molar-refractivity contribution in [3.05, 3.63) is 45.5 Å². The van der Waals surface area contributed by atoms with Crippen LogP contribution in [-0.4, -0.2) is 64.3 Å². The van der Waals surface area contributed by atoms with Gasteiger partial charge in [-0.2, -0.15) is 5.21 Å². The lowest BCUT2D eigenvalue weighted by molar-refractivity contribution is -0.125. The van der Waals surface area contributed by atoms with Gasteiger partial charge in [-0.25, -0.2) is 4.79 Å². The molecule has 0 aliphatic carbocycles. The molecule has 3 amide bonds. The third-order valence-corrected chi connectivity index (χ3v) is 6.64. The SMILES string of the molecule is Cc1cc(NC(=O)C(CCc2nn[nH]n2)NC(=O)Oc2ccc(Br)s2)ccc1N1CCOCC1=O. The second kappa shape index (κ2) is 11.4. The van der Waals surface area contributed by atoms with E-state index in [0.717, 1.165) is 15.0 Å². The molecule has 1 unspecified atom stereocenters. The summed E-state index contributed by atoms with van der Waals surface area (Å²) in [4.78, 5) is 39.3. The second-order valence-electron chi connectivity index (χ2n) is 7.60. The predicted octanol–water partition coefficient (Wildman–Crippen LogP) is 2.42. The van der Waals surface area contributed by atoms with Gasteiger partial charge in [-0.1, -0.05) is 16.6 Å². The Morgan fingerprint density at radius 3 is 2.89 bits per heavy atom. The van der Waals surface area contributed by atoms with Crippen LogP contribution >= 0.6 is 27.3 Å². The first-order valence-electron chi connectivity index (χ1n) is 10.6. The molecule has 184 valence electrons. The molecular weight excluding hydrogens is 542 g/mol. The van der Waals surface area contributed by atoms with Crippen LogP contribution in [-0.2, 0) is 20.7 Å². The molecule has 14 heteroatoms. The minimum absolute atomic E-state index is 0.0458. The first-order valence-corrected chi connectivity index (χ1v) is 12.3. The standard InChI is InChI=1S/C21H22BrN7O5S/c1-12-10-13(2-4-15(12)29-8-9-33-11-18(29)30)23-20(31)14(3-6-17-25-27-28-26-17)24-21(32)34-19-7-5-16(22)35-19/h2,4-5,7,10,14H,3,6,8-9,11H2,1H3,(H,23,31)(H,24,32)(H,25,26,27,28). The Balaban J connectivity index is 1.43. The van der Waals surface area contributed by atoms with Crippen LogP contribution in [0.2, 0.25) is 0 Å². The molecule has 0 bridgehead atoms. The number of thiophene rings is 1. The third-order valence-electron chi connectivity index (χ3n) is 5.14. The summed E-state index contributed by atoms with van der Waals surface area (Å²) in [7, 11) is 0. The molecule has 0 spiro atoms. The lowest BCUT2D eigenvalue weighted by Crippen LogP contribution is -2.45. The van der Waals surface area contributed by atoms with Crippen molar-refractivity contribution in [1.82, 2.24) is 25.9 Å². The maximum absolute atomic E-state index is 13.1. The van der Waals surface area contributed by atoms with Crippen LogP contribution in [0.1, 0.15) is 17.8 Å². The van der Waals surface area contributed by atoms with Gasteiger partial charge in [0.25, 0.3) is 5.91 Å². The molecule has 1 aromatic carbocycles. The first kappa shape index (κ1) is 24.8. The summed E-state index contributed by atoms with van der Waals surface area (Å²) < 4.78 is 11.3. The van der Waals surface area contributed by atoms with Crippen molar-refractivity contribution in [2.24, 2.45) is 0 Å². The Morgan fingerprint density at radius 2 is 2.20 bits per heavy atom. The number of aryl methyl sites for hydroxylation is 2. The summed E-state index contributed by atoms with van der Waals surface area (Å²) in [5.41, 5.74) is 2.10. The molecular formula is C21H22BrN7O5S. The fraction of sp³-hybridized carbons (Fsp3) is 0.333. The number of hydrogen-bond acceptors (Lipinski definition) is 9. The number of tetrazole rings is 1. The summed E-state index contributed by atoms with van der Waals surface area (Å²) in [6, 6.07) is 7.73. The molecule has 1 aliphatic rings. The van der Waals surface area contributed by atoms with E-state index >= 15 is 0 Å². The molecule has 0 saturated carbocycles. The zero-order chi connectivity index (χ0) is 24.8. The highest BCUT2D eigenvalue weighted by Crippen LogP contribution is 2.29. The largest absolute Gasteiger partial charge is 0.414 e. The molecule has 3 aromatic rings. The van der Waals surface area contributed by atoms with Gasteiger partial charge in [0.15, 0.2) is 10.9 Å². The van der Waals surface area contributed by atoms with E-state index in [9.17, 15) is 14.4 Å². The zero-order valence-corrected chi connectivity index (χ0v) is 21.0. The van der Waals surface area contributed by atoms with Gasteiger partial charge in [0, 0.05) is 24.3 Å². The van der Waals surface area contributed by atoms with Crippen molar-refractivity contribution in [1.29, 1.82) is 0 Å². The molecule has 1 aliphatic heterocycles. The summed E-state index contributed by atoms with van der Waals surface area (Å²) >= 11 is 4.56. The third kappa shape index (κ3) is 6.61. The molecule has 3 heterocycles. The van der Waals surface area contributed by atoms with Gasteiger partial charge in [-0.3, -0.25) is 9.59 Å². The number of amides is 3. The van der Waals surface area contributed by atoms with Gasteiger partial charge in [0.1, 0.15) is 12.6 Å². The monoisotopic (exact) mass is 563 g/mol. The van der Waals surface area contributed by atoms with E-state index < -0.39 is 18.0 Å². The number of aromatic amines is 1. The highest BCUT2D eigenvalue weighted by Gasteiger charge is 2.25. The molecule has 35 heavy (non-hydrogen) atoms. The van der Waals surface area contributed by atoms with Crippen molar-refractivity contribution >= 4 is 56.5 Å². The molecule has 2 aromatic heterocycles. The van der Waals surface area contributed by atoms with Crippen molar-refractivity contribution in [3.63, 3.8) is 0 Å². The van der Waals surface area contributed by atoms with E-state index in [0.29, 0.717) is 36.1 Å². The number of carbonyl (C=O) groups is 3. The van der Waals surface area contributed by atoms with Crippen LogP contribution in [0, 0.1) is 6.92 Å². The van der Waals surface area contributed by atoms with Crippen molar-refractivity contribution in [2.45, 2.75) is 25.8 Å². The van der Waals surface area contributed by atoms with Crippen molar-refractivity contribution < 1.29 is 23.9 Å². The van der Waals surface area contributed by atoms with Crippen LogP contribution in [0.3, 0.4) is 0 Å². The van der Waals surface area contributed by atoms with Crippen LogP contribution in [0.5, 0.6) is 5.06 Å². The Hall–Kier alpha value is -3.36. The topological polar surface area (TPSA) is 151 Å². The molecule has 3 N–H and O–H groups in total. The highest BCUT2D eigenvalue weighted by atomic mass is 79.9. The summed E-state index contributed by atoms with van der Waals surface area (Å²) in [5, 5.41) is 19.4. The number of ether oxygens (including phenoxy) is 2. The summed E-state index contributed by atoms with van der Waals surface area (Å²) in [6.45, 7) is 2.84. The number of nitrogens with one attached hydrogen (secondary N) is 3. The second-order valence-corrected chi connectivity index (χ2v) is 10.0. The maximum Gasteiger partial charge on any atom is 0.414 e. The van der Waals surface area contributed by atoms with Gasteiger partial charge >= 0.3 is 6.09 Å². The van der Waals surface area contributed by atoms with E-state index in [4.69, 9.17) is 9.47 Å². The van der Waals surface area contributed by atoms with E-state index in [1.807, 2.05) is 6.92 Å². The number of hydrogen-bond donors (Lipinski definition) is 3. The first-order chi connectivity index (χ1) is 16.9. The molecule has 0 radical (unpaired) electrons. The zero-order valence-electron chi connectivity index (χ0n) is 18.6. The smallest absolute Gasteiger partial charge is 0.399 e. The fourth-order valence-electron chi connectivity index (χ4n) is 3.48. The predicted molar refractivity (Wildman–Crippen MR) is 130 cm³/mol. The summed E-state index contributed by atoms with van der Waals surface area (Å²) in [5.74, 6) is -0.138. The van der Waals surface area contributed by atoms with E-state index in [1.54, 1.807) is 35.2 Å². The van der Waals surface area contributed by atoms with Crippen molar-refractivity contribution in [2.75, 3.05) is 30.0 Å². The van der Waals surface area contributed by atoms with Gasteiger partial charge in [0.2, 0.25) is 5.91 Å². The Morgan fingerprint density at radius 1 is 1.34 bits per heavy atom. The molecule has 1 fully saturated rings. The Bertz CT molecular complexity index is 1200. The number of anilines is 2. The number of carbonyl (C=O) groups excluding carboxylic acids is 3. The van der Waals surface area contributed by atoms with Crippen LogP contribution in [0.15, 0.2) is 34.1 Å². The van der Waals surface area contributed by atoms with E-state index in [2.05, 4.69) is 47.2 Å². The van der Waals surface area contributed by atoms with Crippen LogP contribution in [0.25, 0.3) is 0 Å². The summed E-state index contributed by atoms with van der Waals surface area (Å²) in [6.07, 6.45) is -0.241. The van der Waals surface area contributed by atoms with Crippen LogP contribution in [0.4, 0.5) is 16.2 Å². The van der Waals surface area contributed by atoms with E-state index in [1.165, 1.54) is 11.3 Å². The van der Waals surface area contributed by atoms with Gasteiger partial charge in [-0.05, 0) is 65.2 Å². The number of morpholine rings is 1. The number of H-pyrrole nitrogens is 1. The number of benzene rings is 1. The quantitative estimate of drug-likeness (QED) is 0.378. The minimum atomic E-state index is -0.926. The number of halogens is 1. The fourth-order valence-corrected chi connectivity index (χ4v) is 4.68. The van der Waals surface area contributed by atoms with Gasteiger partial charge in [-0.15, -0.1) is 10.2 Å². The lowest BCUT2D eigenvalue weighted by Gasteiger charge is -2.28. The number of rotatable bonds is 8. The molecule has 1 atom stereocenters. The molecule has 1 saturated heterocycles. The van der Waals surface area contributed by atoms with E-state index in [-0.39, 0.29) is 18.9 Å². The van der Waals surface area contributed by atoms with Gasteiger partial charge < -0.3 is 25.0 Å². The average molecular weight is 564 g/mol. The minimum Gasteiger partial charge on any atom is -0.399 e. The Labute approximate surface area is 212 Å². The lowest BCUT2D eigenvalue weighted by atomic mass is 10.1. The normalized spacial score (nSPS) is 14.5. The average Bonchev–Trinajstić information content (AvgIpc) is 3.49. The van der Waals surface area contributed by atoms with Crippen LogP contribution < -0.4 is 20.3 Å².